The third-order valence-corrected chi connectivity index (χ3v) is 4.25. The minimum absolute atomic E-state index is 0.123. The number of allylic oxidation sites excluding steroid dienone is 3. The number of hydrogen-bond donors (Lipinski definition) is 0. The van der Waals surface area contributed by atoms with Gasteiger partial charge in [0.1, 0.15) is 17.4 Å². The van der Waals surface area contributed by atoms with Crippen molar-refractivity contribution in [2.45, 2.75) is 26.2 Å². The van der Waals surface area contributed by atoms with Crippen molar-refractivity contribution in [2.75, 3.05) is 6.61 Å². The molecule has 2 aromatic rings. The monoisotopic (exact) mass is 362 g/mol. The topological polar surface area (TPSA) is 9.23 Å². The van der Waals surface area contributed by atoms with E-state index in [2.05, 4.69) is 0 Å². The second kappa shape index (κ2) is 7.77. The van der Waals surface area contributed by atoms with E-state index in [1.54, 1.807) is 0 Å². The Kier molecular flexibility index (Phi) is 5.45. The summed E-state index contributed by atoms with van der Waals surface area (Å²) in [5, 5.41) is 0. The molecule has 136 valence electrons. The van der Waals surface area contributed by atoms with Crippen LogP contribution in [-0.4, -0.2) is 6.61 Å². The van der Waals surface area contributed by atoms with Gasteiger partial charge in [-0.3, -0.25) is 0 Å². The van der Waals surface area contributed by atoms with Crippen LogP contribution < -0.4 is 4.74 Å². The van der Waals surface area contributed by atoms with E-state index in [1.807, 2.05) is 19.1 Å². The smallest absolute Gasteiger partial charge is 0.159 e. The molecule has 3 rings (SSSR count). The van der Waals surface area contributed by atoms with E-state index in [-0.39, 0.29) is 17.7 Å². The molecule has 0 spiro atoms. The summed E-state index contributed by atoms with van der Waals surface area (Å²) in [6.07, 6.45) is 7.12. The second-order valence-electron chi connectivity index (χ2n) is 6.13. The molecule has 0 saturated carbocycles. The fourth-order valence-electron chi connectivity index (χ4n) is 2.99. The number of fused-ring (bicyclic) bond motifs is 1. The van der Waals surface area contributed by atoms with Gasteiger partial charge < -0.3 is 4.74 Å². The zero-order chi connectivity index (χ0) is 18.7. The molecule has 0 N–H and O–H groups in total. The Morgan fingerprint density at radius 3 is 2.35 bits per heavy atom. The lowest BCUT2D eigenvalue weighted by Crippen LogP contribution is -2.01. The summed E-state index contributed by atoms with van der Waals surface area (Å²) in [6, 6.07) is 4.38. The van der Waals surface area contributed by atoms with Gasteiger partial charge in [-0.05, 0) is 55.0 Å². The molecular formula is C21H18F4O. The van der Waals surface area contributed by atoms with Gasteiger partial charge in [0.2, 0.25) is 0 Å². The van der Waals surface area contributed by atoms with Crippen LogP contribution in [0.5, 0.6) is 5.75 Å². The van der Waals surface area contributed by atoms with Crippen LogP contribution in [0.15, 0.2) is 36.4 Å². The van der Waals surface area contributed by atoms with Crippen LogP contribution in [0.4, 0.5) is 17.6 Å². The van der Waals surface area contributed by atoms with Gasteiger partial charge in [-0.25, -0.2) is 17.6 Å². The number of rotatable bonds is 6. The fourth-order valence-corrected chi connectivity index (χ4v) is 2.99. The average Bonchev–Trinajstić information content (AvgIpc) is 2.96. The summed E-state index contributed by atoms with van der Waals surface area (Å²) in [6.45, 7) is 2.28. The van der Waals surface area contributed by atoms with Crippen molar-refractivity contribution < 1.29 is 22.3 Å². The van der Waals surface area contributed by atoms with Crippen LogP contribution in [0.3, 0.4) is 0 Å². The lowest BCUT2D eigenvalue weighted by Gasteiger charge is -2.10. The van der Waals surface area contributed by atoms with Crippen LogP contribution in [0, 0.1) is 23.3 Å². The van der Waals surface area contributed by atoms with Crippen molar-refractivity contribution in [3.8, 4) is 5.75 Å². The standard InChI is InChI=1S/C21H18F4O/c1-2-3-4-5-6-26-16-11-19(24)21(20(25)12-16)15-7-13-9-17(22)18(23)10-14(13)8-15/h2-3,7,9-12H,4-6,8H2,1H3/b3-2+. The number of ether oxygens (including phenoxy) is 1. The quantitative estimate of drug-likeness (QED) is 0.344. The maximum Gasteiger partial charge on any atom is 0.159 e. The molecule has 1 nitrogen and oxygen atoms in total. The number of halogens is 4. The summed E-state index contributed by atoms with van der Waals surface area (Å²) in [4.78, 5) is 0. The van der Waals surface area contributed by atoms with E-state index in [0.717, 1.165) is 37.1 Å². The van der Waals surface area contributed by atoms with Gasteiger partial charge in [-0.15, -0.1) is 0 Å². The molecule has 0 aromatic heterocycles. The van der Waals surface area contributed by atoms with Crippen LogP contribution in [0.25, 0.3) is 11.6 Å². The highest BCUT2D eigenvalue weighted by atomic mass is 19.2. The molecule has 0 heterocycles. The van der Waals surface area contributed by atoms with Crippen molar-refractivity contribution in [3.63, 3.8) is 0 Å². The van der Waals surface area contributed by atoms with Crippen LogP contribution in [-0.2, 0) is 6.42 Å². The zero-order valence-corrected chi connectivity index (χ0v) is 14.3. The van der Waals surface area contributed by atoms with Crippen molar-refractivity contribution >= 4 is 11.6 Å². The van der Waals surface area contributed by atoms with Gasteiger partial charge in [0.05, 0.1) is 6.61 Å². The van der Waals surface area contributed by atoms with Crippen molar-refractivity contribution in [1.82, 2.24) is 0 Å². The third-order valence-electron chi connectivity index (χ3n) is 4.25. The molecule has 0 saturated heterocycles. The largest absolute Gasteiger partial charge is 0.493 e. The number of benzene rings is 2. The average molecular weight is 362 g/mol. The minimum Gasteiger partial charge on any atom is -0.493 e. The minimum atomic E-state index is -0.983. The number of unbranched alkanes of at least 4 members (excludes halogenated alkanes) is 1. The molecule has 0 radical (unpaired) electrons. The first-order valence-corrected chi connectivity index (χ1v) is 8.41. The van der Waals surface area contributed by atoms with E-state index < -0.39 is 23.3 Å². The molecule has 1 aliphatic carbocycles. The van der Waals surface area contributed by atoms with Crippen molar-refractivity contribution in [1.29, 1.82) is 0 Å². The van der Waals surface area contributed by atoms with Crippen molar-refractivity contribution in [3.05, 3.63) is 76.4 Å². The van der Waals surface area contributed by atoms with E-state index in [1.165, 1.54) is 6.08 Å². The first-order chi connectivity index (χ1) is 12.5. The second-order valence-corrected chi connectivity index (χ2v) is 6.13. The summed E-state index contributed by atoms with van der Waals surface area (Å²) < 4.78 is 61.0. The Balaban J connectivity index is 1.78. The highest BCUT2D eigenvalue weighted by Gasteiger charge is 2.22. The summed E-state index contributed by atoms with van der Waals surface area (Å²) in [5.74, 6) is -3.34. The molecule has 0 atom stereocenters. The maximum atomic E-state index is 14.5. The van der Waals surface area contributed by atoms with E-state index in [9.17, 15) is 17.6 Å². The van der Waals surface area contributed by atoms with E-state index >= 15 is 0 Å². The van der Waals surface area contributed by atoms with Crippen LogP contribution >= 0.6 is 0 Å². The Morgan fingerprint density at radius 1 is 0.962 bits per heavy atom. The first kappa shape index (κ1) is 18.2. The van der Waals surface area contributed by atoms with Crippen molar-refractivity contribution in [2.24, 2.45) is 0 Å². The van der Waals surface area contributed by atoms with Gasteiger partial charge in [0, 0.05) is 17.7 Å². The van der Waals surface area contributed by atoms with Gasteiger partial charge >= 0.3 is 0 Å². The summed E-state index contributed by atoms with van der Waals surface area (Å²) in [5.41, 5.74) is 1.09. The summed E-state index contributed by atoms with van der Waals surface area (Å²) >= 11 is 0. The predicted octanol–water partition coefficient (Wildman–Crippen LogP) is 6.07. The molecule has 0 bridgehead atoms. The molecule has 0 aliphatic heterocycles. The Labute approximate surface area is 149 Å². The molecule has 2 aromatic carbocycles. The lowest BCUT2D eigenvalue weighted by atomic mass is 10.0. The van der Waals surface area contributed by atoms with Gasteiger partial charge in [0.15, 0.2) is 11.6 Å². The SMILES string of the molecule is C/C=C/CCCOc1cc(F)c(C2=Cc3cc(F)c(F)cc3C2)c(F)c1. The van der Waals surface area contributed by atoms with Crippen LogP contribution in [0.1, 0.15) is 36.5 Å². The molecule has 1 aliphatic rings. The molecule has 5 heteroatoms. The Bertz CT molecular complexity index is 861. The first-order valence-electron chi connectivity index (χ1n) is 8.41. The maximum absolute atomic E-state index is 14.5. The highest BCUT2D eigenvalue weighted by Crippen LogP contribution is 2.36. The van der Waals surface area contributed by atoms with Crippen LogP contribution in [0.2, 0.25) is 0 Å². The normalized spacial score (nSPS) is 13.2. The molecular weight excluding hydrogens is 344 g/mol. The Morgan fingerprint density at radius 2 is 1.65 bits per heavy atom. The third kappa shape index (κ3) is 3.82. The van der Waals surface area contributed by atoms with Gasteiger partial charge in [-0.2, -0.15) is 0 Å². The number of hydrogen-bond acceptors (Lipinski definition) is 1. The lowest BCUT2D eigenvalue weighted by molar-refractivity contribution is 0.308. The molecule has 0 unspecified atom stereocenters. The van der Waals surface area contributed by atoms with Gasteiger partial charge in [-0.1, -0.05) is 18.2 Å². The zero-order valence-electron chi connectivity index (χ0n) is 14.3. The molecule has 0 fully saturated rings. The highest BCUT2D eigenvalue weighted by molar-refractivity contribution is 5.89. The summed E-state index contributed by atoms with van der Waals surface area (Å²) in [7, 11) is 0. The molecule has 0 amide bonds. The predicted molar refractivity (Wildman–Crippen MR) is 93.8 cm³/mol. The van der Waals surface area contributed by atoms with Gasteiger partial charge in [0.25, 0.3) is 0 Å². The molecule has 26 heavy (non-hydrogen) atoms. The Hall–Kier alpha value is -2.56. The van der Waals surface area contributed by atoms with E-state index in [0.29, 0.717) is 23.3 Å². The van der Waals surface area contributed by atoms with E-state index in [4.69, 9.17) is 4.74 Å². The fraction of sp³-hybridized carbons (Fsp3) is 0.238.